The summed E-state index contributed by atoms with van der Waals surface area (Å²) in [5.74, 6) is 0.420. The van der Waals surface area contributed by atoms with Crippen molar-refractivity contribution in [3.8, 4) is 28.3 Å². The number of ether oxygens (including phenoxy) is 1. The minimum atomic E-state index is -1.39. The van der Waals surface area contributed by atoms with Gasteiger partial charge in [0.05, 0.1) is 43.0 Å². The normalized spacial score (nSPS) is 20.0. The van der Waals surface area contributed by atoms with Crippen molar-refractivity contribution in [3.05, 3.63) is 89.7 Å². The molecule has 11 heteroatoms. The number of aliphatic carboxylic acids is 1. The number of ketones is 3. The van der Waals surface area contributed by atoms with Crippen LogP contribution < -0.4 is 4.74 Å². The molecule has 2 fully saturated rings. The smallest absolute Gasteiger partial charge is 0.317 e. The number of carbonyl (C=O) groups excluding carboxylic acids is 3. The van der Waals surface area contributed by atoms with Crippen molar-refractivity contribution in [2.45, 2.75) is 129 Å². The number of hydrogen-bond acceptors (Lipinski definition) is 9. The summed E-state index contributed by atoms with van der Waals surface area (Å²) in [5, 5.41) is 27.4. The standard InChI is InChI=1S/C26H33FN2O2.C23H28N2O4/c1-2-24(30)15-9-20-7-12-22(13-8-20)26(31)18-23-14-16-25(29-28-23)21-10-5-19(6-11-21)4-3-17-27;1-3-4-8-21(26)23(22(27)28)15-6-5-7-18(23)20-14-13-19(24-25-20)16-9-11-17(29-2)12-10-16/h5-6,10-11,14,16,20,22H,2-4,7-9,12-13,15,17-18H2,1H3;9-14,18H,3-8,15H2,1-2H3,(H,27,28). The van der Waals surface area contributed by atoms with E-state index in [4.69, 9.17) is 4.74 Å². The molecule has 0 spiro atoms. The molecular formula is C49H61FN4O6. The van der Waals surface area contributed by atoms with Gasteiger partial charge >= 0.3 is 5.97 Å². The number of rotatable bonds is 19. The molecule has 4 aromatic rings. The van der Waals surface area contributed by atoms with Crippen LogP contribution in [0.15, 0.2) is 72.8 Å². The molecule has 2 saturated carbocycles. The molecule has 2 aliphatic rings. The van der Waals surface area contributed by atoms with Gasteiger partial charge in [-0.05, 0) is 124 Å². The van der Waals surface area contributed by atoms with Gasteiger partial charge in [0.25, 0.3) is 0 Å². The van der Waals surface area contributed by atoms with Crippen LogP contribution in [-0.2, 0) is 32.0 Å². The first kappa shape index (κ1) is 45.9. The molecule has 2 heterocycles. The molecular weight excluding hydrogens is 760 g/mol. The van der Waals surface area contributed by atoms with Gasteiger partial charge < -0.3 is 9.84 Å². The van der Waals surface area contributed by atoms with Crippen LogP contribution in [0.3, 0.4) is 0 Å². The third-order valence-corrected chi connectivity index (χ3v) is 12.4. The summed E-state index contributed by atoms with van der Waals surface area (Å²) in [5.41, 5.74) is 4.37. The summed E-state index contributed by atoms with van der Waals surface area (Å²) < 4.78 is 17.5. The van der Waals surface area contributed by atoms with Gasteiger partial charge in [0.1, 0.15) is 22.7 Å². The maximum absolute atomic E-state index is 13.0. The van der Waals surface area contributed by atoms with Gasteiger partial charge in [-0.2, -0.15) is 20.4 Å². The van der Waals surface area contributed by atoms with Crippen LogP contribution in [0, 0.1) is 17.3 Å². The Labute approximate surface area is 354 Å². The van der Waals surface area contributed by atoms with Crippen LogP contribution in [0.4, 0.5) is 4.39 Å². The van der Waals surface area contributed by atoms with Crippen molar-refractivity contribution in [1.82, 2.24) is 20.4 Å². The quantitative estimate of drug-likeness (QED) is 0.0906. The third kappa shape index (κ3) is 12.2. The van der Waals surface area contributed by atoms with Gasteiger partial charge in [0.15, 0.2) is 5.78 Å². The summed E-state index contributed by atoms with van der Waals surface area (Å²) in [4.78, 5) is 49.6. The molecule has 0 bridgehead atoms. The van der Waals surface area contributed by atoms with Crippen molar-refractivity contribution in [3.63, 3.8) is 0 Å². The highest BCUT2D eigenvalue weighted by atomic mass is 19.1. The van der Waals surface area contributed by atoms with E-state index in [9.17, 15) is 28.7 Å². The highest BCUT2D eigenvalue weighted by molar-refractivity contribution is 6.04. The summed E-state index contributed by atoms with van der Waals surface area (Å²) in [6.45, 7) is 3.62. The lowest BCUT2D eigenvalue weighted by atomic mass is 9.62. The number of methoxy groups -OCH3 is 1. The van der Waals surface area contributed by atoms with Crippen LogP contribution in [0.25, 0.3) is 22.5 Å². The molecule has 1 N–H and O–H groups in total. The summed E-state index contributed by atoms with van der Waals surface area (Å²) in [6, 6.07) is 22.9. The van der Waals surface area contributed by atoms with E-state index in [0.717, 1.165) is 85.9 Å². The number of aromatic nitrogens is 4. The molecule has 60 heavy (non-hydrogen) atoms. The van der Waals surface area contributed by atoms with Crippen molar-refractivity contribution < 1.29 is 33.4 Å². The number of nitrogens with zero attached hydrogens (tertiary/aromatic N) is 4. The van der Waals surface area contributed by atoms with E-state index in [1.165, 1.54) is 0 Å². The topological polar surface area (TPSA) is 149 Å². The van der Waals surface area contributed by atoms with E-state index in [2.05, 4.69) is 20.4 Å². The van der Waals surface area contributed by atoms with E-state index < -0.39 is 17.3 Å². The highest BCUT2D eigenvalue weighted by Crippen LogP contribution is 2.49. The fourth-order valence-electron chi connectivity index (χ4n) is 8.65. The summed E-state index contributed by atoms with van der Waals surface area (Å²) in [6.07, 6.45) is 12.3. The SMILES string of the molecule is CCC(=O)CCC1CCC(C(=O)Cc2ccc(-c3ccc(CCCF)cc3)nn2)CC1.CCCCC(=O)C1(C(=O)O)CCCCC1c1ccc(-c2ccc(OC)cc2)nn1. The largest absolute Gasteiger partial charge is 0.497 e. The Morgan fingerprint density at radius 1 is 0.767 bits per heavy atom. The Hall–Kier alpha value is -5.19. The predicted octanol–water partition coefficient (Wildman–Crippen LogP) is 10.4. The lowest BCUT2D eigenvalue weighted by Gasteiger charge is -2.39. The maximum atomic E-state index is 13.0. The predicted molar refractivity (Wildman–Crippen MR) is 230 cm³/mol. The second-order valence-electron chi connectivity index (χ2n) is 16.4. The molecule has 2 aromatic carbocycles. The Kier molecular flexibility index (Phi) is 17.6. The van der Waals surface area contributed by atoms with Crippen molar-refractivity contribution in [1.29, 1.82) is 0 Å². The van der Waals surface area contributed by atoms with Gasteiger partial charge in [-0.1, -0.05) is 57.4 Å². The Morgan fingerprint density at radius 3 is 2.00 bits per heavy atom. The first-order chi connectivity index (χ1) is 29.1. The fraction of sp³-hybridized carbons (Fsp3) is 0.510. The minimum absolute atomic E-state index is 0.108. The number of alkyl halides is 1. The first-order valence-electron chi connectivity index (χ1n) is 21.9. The fourth-order valence-corrected chi connectivity index (χ4v) is 8.65. The molecule has 2 aromatic heterocycles. The third-order valence-electron chi connectivity index (χ3n) is 12.4. The molecule has 6 rings (SSSR count). The first-order valence-corrected chi connectivity index (χ1v) is 21.9. The number of aryl methyl sites for hydroxylation is 1. The number of carbonyl (C=O) groups is 4. The second kappa shape index (κ2) is 23.0. The molecule has 0 amide bonds. The Bertz CT molecular complexity index is 1980. The number of carboxylic acid groups (broad SMARTS) is 1. The number of unbranched alkanes of at least 4 members (excludes halogenated alkanes) is 1. The van der Waals surface area contributed by atoms with Crippen LogP contribution >= 0.6 is 0 Å². The maximum Gasteiger partial charge on any atom is 0.317 e. The van der Waals surface area contributed by atoms with Crippen LogP contribution in [0.2, 0.25) is 0 Å². The monoisotopic (exact) mass is 820 g/mol. The van der Waals surface area contributed by atoms with E-state index in [0.29, 0.717) is 80.1 Å². The minimum Gasteiger partial charge on any atom is -0.497 e. The zero-order valence-corrected chi connectivity index (χ0v) is 35.5. The average molecular weight is 821 g/mol. The average Bonchev–Trinajstić information content (AvgIpc) is 3.30. The molecule has 320 valence electrons. The van der Waals surface area contributed by atoms with Crippen LogP contribution in [-0.4, -0.2) is 62.6 Å². The lowest BCUT2D eigenvalue weighted by Crippen LogP contribution is -2.46. The van der Waals surface area contributed by atoms with Crippen LogP contribution in [0.5, 0.6) is 5.75 Å². The molecule has 10 nitrogen and oxygen atoms in total. The van der Waals surface area contributed by atoms with Crippen molar-refractivity contribution in [2.75, 3.05) is 13.8 Å². The number of carboxylic acids is 1. The number of Topliss-reactive ketones (excluding diaryl/α,β-unsaturated/α-hetero) is 3. The van der Waals surface area contributed by atoms with E-state index in [-0.39, 0.29) is 24.2 Å². The molecule has 0 radical (unpaired) electrons. The second-order valence-corrected chi connectivity index (χ2v) is 16.4. The van der Waals surface area contributed by atoms with Gasteiger partial charge in [-0.15, -0.1) is 0 Å². The van der Waals surface area contributed by atoms with Crippen LogP contribution in [0.1, 0.15) is 133 Å². The molecule has 2 atom stereocenters. The number of hydrogen-bond donors (Lipinski definition) is 1. The number of halogens is 1. The Morgan fingerprint density at radius 2 is 1.43 bits per heavy atom. The van der Waals surface area contributed by atoms with Gasteiger partial charge in [0.2, 0.25) is 0 Å². The lowest BCUT2D eigenvalue weighted by molar-refractivity contribution is -0.159. The molecule has 2 unspecified atom stereocenters. The molecule has 0 aliphatic heterocycles. The van der Waals surface area contributed by atoms with Crippen molar-refractivity contribution >= 4 is 23.3 Å². The highest BCUT2D eigenvalue weighted by Gasteiger charge is 2.53. The zero-order valence-electron chi connectivity index (χ0n) is 35.5. The summed E-state index contributed by atoms with van der Waals surface area (Å²) >= 11 is 0. The summed E-state index contributed by atoms with van der Waals surface area (Å²) in [7, 11) is 1.62. The number of benzene rings is 2. The molecule has 2 aliphatic carbocycles. The molecule has 0 saturated heterocycles. The van der Waals surface area contributed by atoms with E-state index in [1.807, 2.05) is 86.6 Å². The van der Waals surface area contributed by atoms with Gasteiger partial charge in [-0.3, -0.25) is 23.6 Å². The van der Waals surface area contributed by atoms with Gasteiger partial charge in [-0.25, -0.2) is 0 Å². The van der Waals surface area contributed by atoms with Gasteiger partial charge in [0, 0.05) is 42.2 Å². The zero-order chi connectivity index (χ0) is 42.9. The van der Waals surface area contributed by atoms with E-state index in [1.54, 1.807) is 7.11 Å². The van der Waals surface area contributed by atoms with Crippen molar-refractivity contribution in [2.24, 2.45) is 17.3 Å². The Balaban J connectivity index is 0.000000228. The van der Waals surface area contributed by atoms with E-state index >= 15 is 0 Å².